The van der Waals surface area contributed by atoms with Gasteiger partial charge in [-0.2, -0.15) is 31.3 Å². The van der Waals surface area contributed by atoms with E-state index in [1.807, 2.05) is 0 Å². The van der Waals surface area contributed by atoms with Crippen LogP contribution in [0.3, 0.4) is 0 Å². The number of alkyl halides is 6. The molecule has 1 saturated heterocycles. The fraction of sp³-hybridized carbons (Fsp3) is 0.500. The highest BCUT2D eigenvalue weighted by Gasteiger charge is 2.40. The number of rotatable bonds is 3. The van der Waals surface area contributed by atoms with Crippen LogP contribution in [0.1, 0.15) is 70.8 Å². The fourth-order valence-electron chi connectivity index (χ4n) is 3.40. The Morgan fingerprint density at radius 2 is 1.62 bits per heavy atom. The number of carbonyl (C=O) groups excluding carboxylic acids is 1. The first-order valence-corrected chi connectivity index (χ1v) is 8.98. The van der Waals surface area contributed by atoms with E-state index < -0.39 is 41.0 Å². The summed E-state index contributed by atoms with van der Waals surface area (Å²) in [4.78, 5) is 18.3. The molecule has 1 aromatic heterocycles. The predicted octanol–water partition coefficient (Wildman–Crippen LogP) is 4.96. The second-order valence-electron chi connectivity index (χ2n) is 7.22. The maximum Gasteiger partial charge on any atom is 0.416 e. The molecule has 1 aromatic carbocycles. The minimum absolute atomic E-state index is 0.00182. The van der Waals surface area contributed by atoms with Crippen LogP contribution in [-0.2, 0) is 12.4 Å². The summed E-state index contributed by atoms with van der Waals surface area (Å²) in [6.45, 7) is 0.169. The summed E-state index contributed by atoms with van der Waals surface area (Å²) < 4.78 is 83.7. The van der Waals surface area contributed by atoms with Crippen molar-refractivity contribution in [3.63, 3.8) is 0 Å². The van der Waals surface area contributed by atoms with Crippen LogP contribution in [0, 0.1) is 0 Å². The highest BCUT2D eigenvalue weighted by Crippen LogP contribution is 2.41. The van der Waals surface area contributed by atoms with E-state index in [0.29, 0.717) is 30.8 Å². The van der Waals surface area contributed by atoms with Crippen LogP contribution in [-0.4, -0.2) is 27.5 Å². The third-order valence-corrected chi connectivity index (χ3v) is 5.03. The summed E-state index contributed by atoms with van der Waals surface area (Å²) in [5.41, 5.74) is -3.73. The van der Waals surface area contributed by atoms with Gasteiger partial charge in [0.15, 0.2) is 5.82 Å². The number of carbonyl (C=O) groups is 1. The number of benzene rings is 1. The van der Waals surface area contributed by atoms with Gasteiger partial charge in [-0.1, -0.05) is 5.16 Å². The van der Waals surface area contributed by atoms with Crippen molar-refractivity contribution in [2.45, 2.75) is 50.0 Å². The SMILES string of the molecule is O=C(c1cc(C(F)(F)F)cc(C(F)(F)F)c1)N1CCCC1c1nc(C2CC2)no1. The molecule has 1 atom stereocenters. The molecule has 2 fully saturated rings. The highest BCUT2D eigenvalue weighted by molar-refractivity contribution is 5.95. The molecular formula is C18H15F6N3O2. The van der Waals surface area contributed by atoms with Crippen LogP contribution in [0.15, 0.2) is 22.7 Å². The molecule has 1 amide bonds. The molecule has 1 unspecified atom stereocenters. The summed E-state index contributed by atoms with van der Waals surface area (Å²) >= 11 is 0. The van der Waals surface area contributed by atoms with Gasteiger partial charge in [-0.25, -0.2) is 0 Å². The fourth-order valence-corrected chi connectivity index (χ4v) is 3.40. The molecule has 0 N–H and O–H groups in total. The molecule has 11 heteroatoms. The largest absolute Gasteiger partial charge is 0.416 e. The van der Waals surface area contributed by atoms with Gasteiger partial charge in [-0.15, -0.1) is 0 Å². The van der Waals surface area contributed by atoms with Crippen molar-refractivity contribution in [1.29, 1.82) is 0 Å². The zero-order valence-corrected chi connectivity index (χ0v) is 14.8. The van der Waals surface area contributed by atoms with Crippen molar-refractivity contribution in [2.75, 3.05) is 6.54 Å². The van der Waals surface area contributed by atoms with Gasteiger partial charge in [0.1, 0.15) is 6.04 Å². The summed E-state index contributed by atoms with van der Waals surface area (Å²) in [6, 6.07) is 0.205. The van der Waals surface area contributed by atoms with E-state index in [1.54, 1.807) is 0 Å². The number of likely N-dealkylation sites (tertiary alicyclic amines) is 1. The van der Waals surface area contributed by atoms with E-state index in [-0.39, 0.29) is 24.4 Å². The molecule has 2 aliphatic rings. The zero-order chi connectivity index (χ0) is 21.0. The number of amides is 1. The lowest BCUT2D eigenvalue weighted by Gasteiger charge is -2.23. The van der Waals surface area contributed by atoms with Gasteiger partial charge < -0.3 is 9.42 Å². The third-order valence-electron chi connectivity index (χ3n) is 5.03. The number of aromatic nitrogens is 2. The van der Waals surface area contributed by atoms with Gasteiger partial charge in [0.05, 0.1) is 11.1 Å². The summed E-state index contributed by atoms with van der Waals surface area (Å²) in [7, 11) is 0. The third kappa shape index (κ3) is 3.95. The van der Waals surface area contributed by atoms with Crippen LogP contribution in [0.4, 0.5) is 26.3 Å². The van der Waals surface area contributed by atoms with Gasteiger partial charge in [0.25, 0.3) is 5.91 Å². The van der Waals surface area contributed by atoms with Crippen LogP contribution in [0.5, 0.6) is 0 Å². The molecule has 29 heavy (non-hydrogen) atoms. The minimum atomic E-state index is -5.02. The molecule has 4 rings (SSSR count). The van der Waals surface area contributed by atoms with E-state index in [1.165, 1.54) is 4.90 Å². The van der Waals surface area contributed by atoms with E-state index >= 15 is 0 Å². The molecule has 0 bridgehead atoms. The van der Waals surface area contributed by atoms with Crippen LogP contribution >= 0.6 is 0 Å². The molecule has 1 aliphatic carbocycles. The van der Waals surface area contributed by atoms with Crippen molar-refractivity contribution >= 4 is 5.91 Å². The molecule has 5 nitrogen and oxygen atoms in total. The lowest BCUT2D eigenvalue weighted by molar-refractivity contribution is -0.143. The Labute approximate surface area is 160 Å². The first kappa shape index (κ1) is 19.7. The highest BCUT2D eigenvalue weighted by atomic mass is 19.4. The van der Waals surface area contributed by atoms with E-state index in [0.717, 1.165) is 12.8 Å². The molecule has 156 valence electrons. The van der Waals surface area contributed by atoms with E-state index in [4.69, 9.17) is 4.52 Å². The smallest absolute Gasteiger partial charge is 0.337 e. The van der Waals surface area contributed by atoms with Gasteiger partial charge >= 0.3 is 12.4 Å². The van der Waals surface area contributed by atoms with E-state index in [2.05, 4.69) is 10.1 Å². The van der Waals surface area contributed by atoms with Crippen LogP contribution in [0.25, 0.3) is 0 Å². The first-order chi connectivity index (χ1) is 13.5. The summed E-state index contributed by atoms with van der Waals surface area (Å²) in [5, 5.41) is 3.86. The second kappa shape index (κ2) is 6.74. The molecule has 2 heterocycles. The van der Waals surface area contributed by atoms with Crippen molar-refractivity contribution in [3.8, 4) is 0 Å². The Bertz CT molecular complexity index is 900. The molecule has 1 saturated carbocycles. The average Bonchev–Trinajstić information content (AvgIpc) is 3.17. The normalized spacial score (nSPS) is 20.3. The van der Waals surface area contributed by atoms with Crippen molar-refractivity contribution in [1.82, 2.24) is 15.0 Å². The summed E-state index contributed by atoms with van der Waals surface area (Å²) in [5.74, 6) is -0.0652. The summed E-state index contributed by atoms with van der Waals surface area (Å²) in [6.07, 6.45) is -7.24. The molecule has 0 spiro atoms. The molecule has 0 radical (unpaired) electrons. The topological polar surface area (TPSA) is 59.2 Å². The Hall–Kier alpha value is -2.59. The Balaban J connectivity index is 1.67. The number of halogens is 6. The molecule has 1 aliphatic heterocycles. The average molecular weight is 419 g/mol. The molecular weight excluding hydrogens is 404 g/mol. The van der Waals surface area contributed by atoms with Crippen molar-refractivity contribution < 1.29 is 35.7 Å². The Morgan fingerprint density at radius 3 is 2.17 bits per heavy atom. The standard InChI is InChI=1S/C18H15F6N3O2/c19-17(20,21)11-6-10(7-12(8-11)18(22,23)24)16(28)27-5-1-2-13(27)15-25-14(26-29-15)9-3-4-9/h6-9,13H,1-5H2. The lowest BCUT2D eigenvalue weighted by Crippen LogP contribution is -2.31. The second-order valence-corrected chi connectivity index (χ2v) is 7.22. The first-order valence-electron chi connectivity index (χ1n) is 8.98. The number of hydrogen-bond donors (Lipinski definition) is 0. The Morgan fingerprint density at radius 1 is 1.00 bits per heavy atom. The number of nitrogens with zero attached hydrogens (tertiary/aromatic N) is 3. The van der Waals surface area contributed by atoms with Gasteiger partial charge in [0.2, 0.25) is 5.89 Å². The van der Waals surface area contributed by atoms with Gasteiger partial charge in [-0.3, -0.25) is 4.79 Å². The molecule has 2 aromatic rings. The zero-order valence-electron chi connectivity index (χ0n) is 14.8. The lowest BCUT2D eigenvalue weighted by atomic mass is 10.0. The van der Waals surface area contributed by atoms with Crippen LogP contribution < -0.4 is 0 Å². The van der Waals surface area contributed by atoms with Crippen molar-refractivity contribution in [3.05, 3.63) is 46.6 Å². The van der Waals surface area contributed by atoms with Crippen LogP contribution in [0.2, 0.25) is 0 Å². The number of hydrogen-bond acceptors (Lipinski definition) is 4. The Kier molecular flexibility index (Phi) is 4.58. The van der Waals surface area contributed by atoms with Crippen molar-refractivity contribution in [2.24, 2.45) is 0 Å². The maximum absolute atomic E-state index is 13.1. The van der Waals surface area contributed by atoms with Gasteiger partial charge in [-0.05, 0) is 43.9 Å². The monoisotopic (exact) mass is 419 g/mol. The minimum Gasteiger partial charge on any atom is -0.337 e. The predicted molar refractivity (Wildman–Crippen MR) is 85.7 cm³/mol. The van der Waals surface area contributed by atoms with E-state index in [9.17, 15) is 31.1 Å². The quantitative estimate of drug-likeness (QED) is 0.660. The van der Waals surface area contributed by atoms with Gasteiger partial charge in [0, 0.05) is 18.0 Å². The maximum atomic E-state index is 13.1.